The third-order valence-corrected chi connectivity index (χ3v) is 3.65. The lowest BCUT2D eigenvalue weighted by molar-refractivity contribution is 0.456. The highest BCUT2D eigenvalue weighted by atomic mass is 35.5. The van der Waals surface area contributed by atoms with Gasteiger partial charge in [0.25, 0.3) is 0 Å². The van der Waals surface area contributed by atoms with Crippen LogP contribution in [0.5, 0.6) is 0 Å². The Hall–Kier alpha value is -1.55. The molecule has 0 bridgehead atoms. The van der Waals surface area contributed by atoms with Crippen molar-refractivity contribution in [2.75, 3.05) is 6.67 Å². The maximum Gasteiger partial charge on any atom is 0.132 e. The van der Waals surface area contributed by atoms with Crippen LogP contribution in [0.4, 0.5) is 17.6 Å². The average Bonchev–Trinajstić information content (AvgIpc) is 2.42. The van der Waals surface area contributed by atoms with E-state index >= 15 is 0 Å². The number of benzene rings is 2. The van der Waals surface area contributed by atoms with Crippen molar-refractivity contribution in [1.29, 1.82) is 0 Å². The van der Waals surface area contributed by atoms with Crippen molar-refractivity contribution < 1.29 is 17.6 Å². The van der Waals surface area contributed by atoms with Crippen molar-refractivity contribution in [3.63, 3.8) is 0 Å². The first-order valence-electron chi connectivity index (χ1n) is 7.01. The van der Waals surface area contributed by atoms with Crippen LogP contribution >= 0.6 is 11.6 Å². The van der Waals surface area contributed by atoms with Crippen molar-refractivity contribution >= 4 is 11.6 Å². The van der Waals surface area contributed by atoms with E-state index in [-0.39, 0.29) is 22.8 Å². The van der Waals surface area contributed by atoms with Gasteiger partial charge in [0.2, 0.25) is 0 Å². The minimum absolute atomic E-state index is 0.0208. The van der Waals surface area contributed by atoms with Gasteiger partial charge in [-0.1, -0.05) is 18.0 Å². The average molecular weight is 331 g/mol. The number of aryl methyl sites for hydroxylation is 1. The Morgan fingerprint density at radius 3 is 2.09 bits per heavy atom. The number of rotatable bonds is 6. The molecule has 0 N–H and O–H groups in total. The van der Waals surface area contributed by atoms with Gasteiger partial charge in [0.1, 0.15) is 17.5 Å². The lowest BCUT2D eigenvalue weighted by Crippen LogP contribution is -1.94. The molecule has 0 fully saturated rings. The fourth-order valence-corrected chi connectivity index (χ4v) is 2.68. The van der Waals surface area contributed by atoms with Gasteiger partial charge < -0.3 is 0 Å². The van der Waals surface area contributed by atoms with Crippen molar-refractivity contribution in [1.82, 2.24) is 0 Å². The molecular formula is C17H15ClF4. The van der Waals surface area contributed by atoms with Crippen molar-refractivity contribution in [2.24, 2.45) is 0 Å². The Balaban J connectivity index is 2.26. The summed E-state index contributed by atoms with van der Waals surface area (Å²) in [4.78, 5) is 0. The maximum atomic E-state index is 14.2. The quantitative estimate of drug-likeness (QED) is 0.443. The van der Waals surface area contributed by atoms with Crippen LogP contribution in [-0.4, -0.2) is 6.67 Å². The summed E-state index contributed by atoms with van der Waals surface area (Å²) in [7, 11) is 0. The Bertz CT molecular complexity index is 612. The first-order chi connectivity index (χ1) is 10.5. The highest BCUT2D eigenvalue weighted by molar-refractivity contribution is 6.33. The van der Waals surface area contributed by atoms with E-state index in [4.69, 9.17) is 11.6 Å². The molecule has 0 aliphatic rings. The predicted molar refractivity (Wildman–Crippen MR) is 80.3 cm³/mol. The predicted octanol–water partition coefficient (Wildman–Crippen LogP) is 6.11. The number of halogens is 5. The van der Waals surface area contributed by atoms with Gasteiger partial charge in [0.15, 0.2) is 0 Å². The zero-order chi connectivity index (χ0) is 16.1. The molecule has 0 atom stereocenters. The zero-order valence-electron chi connectivity index (χ0n) is 11.8. The van der Waals surface area contributed by atoms with Crippen LogP contribution in [0.15, 0.2) is 30.3 Å². The van der Waals surface area contributed by atoms with E-state index in [0.717, 1.165) is 18.6 Å². The summed E-state index contributed by atoms with van der Waals surface area (Å²) in [6, 6.07) is 5.68. The van der Waals surface area contributed by atoms with Crippen molar-refractivity contribution in [3.05, 3.63) is 58.4 Å². The number of hydrogen-bond acceptors (Lipinski definition) is 0. The topological polar surface area (TPSA) is 0 Å². The molecule has 0 unspecified atom stereocenters. The summed E-state index contributed by atoms with van der Waals surface area (Å²) >= 11 is 6.07. The van der Waals surface area contributed by atoms with E-state index in [1.54, 1.807) is 6.07 Å². The highest BCUT2D eigenvalue weighted by Crippen LogP contribution is 2.33. The molecule has 0 saturated heterocycles. The van der Waals surface area contributed by atoms with E-state index in [2.05, 4.69) is 0 Å². The van der Waals surface area contributed by atoms with E-state index < -0.39 is 17.5 Å². The summed E-state index contributed by atoms with van der Waals surface area (Å²) in [5, 5.41) is 0.102. The molecule has 2 rings (SSSR count). The van der Waals surface area contributed by atoms with Crippen LogP contribution in [0.1, 0.15) is 24.8 Å². The SMILES string of the molecule is FCCCCCc1cc(F)c(-c2cc(F)cc(F)c2)c(Cl)c1. The molecule has 0 aliphatic heterocycles. The van der Waals surface area contributed by atoms with Crippen LogP contribution in [0.2, 0.25) is 5.02 Å². The molecule has 0 nitrogen and oxygen atoms in total. The largest absolute Gasteiger partial charge is 0.251 e. The summed E-state index contributed by atoms with van der Waals surface area (Å²) in [5.74, 6) is -2.21. The van der Waals surface area contributed by atoms with E-state index in [9.17, 15) is 17.6 Å². The molecule has 0 spiro atoms. The molecule has 0 radical (unpaired) electrons. The minimum atomic E-state index is -0.791. The van der Waals surface area contributed by atoms with Crippen molar-refractivity contribution in [2.45, 2.75) is 25.7 Å². The summed E-state index contributed by atoms with van der Waals surface area (Å²) in [6.07, 6.45) is 2.51. The standard InChI is InChI=1S/C17H15ClF4/c18-15-6-11(4-2-1-3-5-19)7-16(22)17(15)12-8-13(20)10-14(21)9-12/h6-10H,1-5H2. The molecule has 118 valence electrons. The Labute approximate surface area is 131 Å². The summed E-state index contributed by atoms with van der Waals surface area (Å²) in [6.45, 7) is -0.362. The van der Waals surface area contributed by atoms with Gasteiger partial charge in [-0.3, -0.25) is 4.39 Å². The first kappa shape index (κ1) is 16.8. The van der Waals surface area contributed by atoms with Gasteiger partial charge in [-0.2, -0.15) is 0 Å². The monoisotopic (exact) mass is 330 g/mol. The minimum Gasteiger partial charge on any atom is -0.251 e. The molecule has 0 aliphatic carbocycles. The number of unbranched alkanes of at least 4 members (excludes halogenated alkanes) is 2. The zero-order valence-corrected chi connectivity index (χ0v) is 12.6. The van der Waals surface area contributed by atoms with Gasteiger partial charge in [0, 0.05) is 11.6 Å². The van der Waals surface area contributed by atoms with Crippen LogP contribution in [0.25, 0.3) is 11.1 Å². The third kappa shape index (κ3) is 4.23. The molecule has 5 heteroatoms. The van der Waals surface area contributed by atoms with Crippen LogP contribution < -0.4 is 0 Å². The molecule has 0 aromatic heterocycles. The Morgan fingerprint density at radius 1 is 0.818 bits per heavy atom. The number of alkyl halides is 1. The molecule has 0 saturated carbocycles. The maximum absolute atomic E-state index is 14.2. The van der Waals surface area contributed by atoms with Crippen molar-refractivity contribution in [3.8, 4) is 11.1 Å². The Morgan fingerprint density at radius 2 is 1.50 bits per heavy atom. The molecule has 2 aromatic carbocycles. The fraction of sp³-hybridized carbons (Fsp3) is 0.294. The third-order valence-electron chi connectivity index (χ3n) is 3.35. The lowest BCUT2D eigenvalue weighted by Gasteiger charge is -2.10. The first-order valence-corrected chi connectivity index (χ1v) is 7.39. The van der Waals surface area contributed by atoms with Gasteiger partial charge >= 0.3 is 0 Å². The molecule has 0 heterocycles. The van der Waals surface area contributed by atoms with Gasteiger partial charge in [-0.05, 0) is 54.7 Å². The lowest BCUT2D eigenvalue weighted by atomic mass is 10.00. The van der Waals surface area contributed by atoms with Gasteiger partial charge in [-0.15, -0.1) is 0 Å². The second kappa shape index (κ2) is 7.63. The molecule has 0 amide bonds. The second-order valence-corrected chi connectivity index (χ2v) is 5.50. The van der Waals surface area contributed by atoms with Crippen LogP contribution in [0, 0.1) is 17.5 Å². The summed E-state index contributed by atoms with van der Waals surface area (Å²) in [5.41, 5.74) is 0.721. The van der Waals surface area contributed by atoms with E-state index in [0.29, 0.717) is 30.9 Å². The highest BCUT2D eigenvalue weighted by Gasteiger charge is 2.14. The molecule has 22 heavy (non-hydrogen) atoms. The van der Waals surface area contributed by atoms with E-state index in [1.165, 1.54) is 6.07 Å². The van der Waals surface area contributed by atoms with Gasteiger partial charge in [-0.25, -0.2) is 13.2 Å². The fourth-order valence-electron chi connectivity index (χ4n) is 2.34. The van der Waals surface area contributed by atoms with Gasteiger partial charge in [0.05, 0.1) is 11.7 Å². The number of hydrogen-bond donors (Lipinski definition) is 0. The van der Waals surface area contributed by atoms with Crippen LogP contribution in [0.3, 0.4) is 0 Å². The smallest absolute Gasteiger partial charge is 0.132 e. The van der Waals surface area contributed by atoms with Crippen LogP contribution in [-0.2, 0) is 6.42 Å². The second-order valence-electron chi connectivity index (χ2n) is 5.09. The molecule has 2 aromatic rings. The normalized spacial score (nSPS) is 11.0. The Kier molecular flexibility index (Phi) is 5.83. The molecular weight excluding hydrogens is 316 g/mol. The van der Waals surface area contributed by atoms with E-state index in [1.807, 2.05) is 0 Å². The summed E-state index contributed by atoms with van der Waals surface area (Å²) < 4.78 is 52.8.